The van der Waals surface area contributed by atoms with Crippen molar-refractivity contribution in [1.82, 2.24) is 0 Å². The van der Waals surface area contributed by atoms with Gasteiger partial charge in [0.25, 0.3) is 0 Å². The third kappa shape index (κ3) is 6.04. The number of anilines is 3. The van der Waals surface area contributed by atoms with Crippen LogP contribution in [0.2, 0.25) is 0 Å². The van der Waals surface area contributed by atoms with E-state index in [4.69, 9.17) is 4.42 Å². The van der Waals surface area contributed by atoms with Crippen molar-refractivity contribution < 1.29 is 15.4 Å². The Balaban J connectivity index is 1.11. The molecule has 0 aliphatic rings. The van der Waals surface area contributed by atoms with E-state index in [1.54, 1.807) is 18.2 Å². The van der Waals surface area contributed by atoms with E-state index < -0.39 is 24.2 Å². The quantitative estimate of drug-likeness (QED) is 0.160. The number of para-hydroxylation sites is 2. The number of furan rings is 1. The summed E-state index contributed by atoms with van der Waals surface area (Å²) >= 11 is 0. The minimum Gasteiger partial charge on any atom is -0.455 e. The van der Waals surface area contributed by atoms with Gasteiger partial charge in [-0.15, -0.1) is 0 Å². The van der Waals surface area contributed by atoms with Crippen molar-refractivity contribution >= 4 is 71.3 Å². The summed E-state index contributed by atoms with van der Waals surface area (Å²) in [6, 6.07) is 56.9. The molecule has 0 amide bonds. The number of hydrogen-bond donors (Lipinski definition) is 0. The van der Waals surface area contributed by atoms with Gasteiger partial charge >= 0.3 is 0 Å². The molecule has 2 nitrogen and oxygen atoms in total. The Morgan fingerprint density at radius 1 is 0.323 bits per heavy atom. The standard InChI is InChI=1S/C60H39NO/c1-3-17-48-42(13-1)15-11-23-50(48)44-29-27-40(28-30-44)41-31-35-46(36-32-41)61(47-37-33-45(34-38-47)51-24-12-16-43-14-2-4-18-49(43)51)58-25-9-7-20-53(58)56-39-57-54-21-8-10-26-59(54)62-60(57)55-22-6-5-19-52(55)56/h1-39H/i31D,32D,33D,34D,35D,36D,37D,38D. The van der Waals surface area contributed by atoms with E-state index in [0.29, 0.717) is 28.0 Å². The number of hydrogen-bond acceptors (Lipinski definition) is 2. The monoisotopic (exact) mass is 797 g/mol. The number of benzene rings is 11. The van der Waals surface area contributed by atoms with Crippen molar-refractivity contribution in [1.29, 1.82) is 0 Å². The average Bonchev–Trinajstić information content (AvgIpc) is 3.78. The molecular weight excluding hydrogens is 751 g/mol. The van der Waals surface area contributed by atoms with Gasteiger partial charge in [-0.05, 0) is 108 Å². The maximum atomic E-state index is 9.86. The Labute approximate surface area is 371 Å². The van der Waals surface area contributed by atoms with E-state index in [0.717, 1.165) is 65.4 Å². The van der Waals surface area contributed by atoms with Crippen molar-refractivity contribution in [2.75, 3.05) is 4.90 Å². The van der Waals surface area contributed by atoms with Crippen LogP contribution in [0, 0.1) is 0 Å². The summed E-state index contributed by atoms with van der Waals surface area (Å²) in [6.45, 7) is 0. The van der Waals surface area contributed by atoms with Crippen LogP contribution in [-0.4, -0.2) is 0 Å². The van der Waals surface area contributed by atoms with Crippen molar-refractivity contribution in [2.45, 2.75) is 0 Å². The van der Waals surface area contributed by atoms with Crippen LogP contribution in [0.5, 0.6) is 0 Å². The van der Waals surface area contributed by atoms with Gasteiger partial charge in [0.05, 0.1) is 16.7 Å². The zero-order valence-electron chi connectivity index (χ0n) is 41.3. The molecule has 0 bridgehead atoms. The highest BCUT2D eigenvalue weighted by Crippen LogP contribution is 2.46. The predicted molar refractivity (Wildman–Crippen MR) is 263 cm³/mol. The fourth-order valence-electron chi connectivity index (χ4n) is 8.87. The van der Waals surface area contributed by atoms with E-state index in [9.17, 15) is 11.0 Å². The third-order valence-electron chi connectivity index (χ3n) is 11.8. The highest BCUT2D eigenvalue weighted by atomic mass is 16.3. The van der Waals surface area contributed by atoms with Crippen LogP contribution < -0.4 is 4.90 Å². The second kappa shape index (κ2) is 14.8. The first-order valence-electron chi connectivity index (χ1n) is 24.6. The van der Waals surface area contributed by atoms with Crippen LogP contribution in [-0.2, 0) is 0 Å². The van der Waals surface area contributed by atoms with Gasteiger partial charge in [0.2, 0.25) is 0 Å². The van der Waals surface area contributed by atoms with E-state index in [2.05, 4.69) is 18.2 Å². The van der Waals surface area contributed by atoms with Crippen molar-refractivity contribution in [3.8, 4) is 44.5 Å². The number of rotatable bonds is 7. The van der Waals surface area contributed by atoms with Crippen molar-refractivity contribution in [3.05, 3.63) is 236 Å². The van der Waals surface area contributed by atoms with Crippen LogP contribution in [0.4, 0.5) is 17.1 Å². The van der Waals surface area contributed by atoms with E-state index in [1.165, 1.54) is 4.90 Å². The van der Waals surface area contributed by atoms with E-state index in [-0.39, 0.29) is 46.7 Å². The van der Waals surface area contributed by atoms with Gasteiger partial charge in [0, 0.05) is 33.1 Å². The van der Waals surface area contributed by atoms with Gasteiger partial charge in [-0.25, -0.2) is 0 Å². The minimum absolute atomic E-state index is 0.0885. The van der Waals surface area contributed by atoms with Crippen LogP contribution >= 0.6 is 0 Å². The second-order valence-corrected chi connectivity index (χ2v) is 15.4. The molecule has 12 rings (SSSR count). The highest BCUT2D eigenvalue weighted by molar-refractivity contribution is 6.20. The van der Waals surface area contributed by atoms with Crippen LogP contribution in [0.15, 0.2) is 241 Å². The van der Waals surface area contributed by atoms with Crippen molar-refractivity contribution in [3.63, 3.8) is 0 Å². The lowest BCUT2D eigenvalue weighted by molar-refractivity contribution is 0.672. The maximum Gasteiger partial charge on any atom is 0.143 e. The SMILES string of the molecule is [2H]c1c([2H])c(N(c2ccccc2-c2cc3c4ccccc4oc3c3ccccc23)c2c([2H])c([2H])c(-c3cccc4ccccc34)c([2H])c2[2H])c([2H])c([2H])c1-c1ccc(-c2cccc3ccccc23)cc1. The van der Waals surface area contributed by atoms with Crippen molar-refractivity contribution in [2.24, 2.45) is 0 Å². The second-order valence-electron chi connectivity index (χ2n) is 15.4. The lowest BCUT2D eigenvalue weighted by Gasteiger charge is -2.28. The zero-order chi connectivity index (χ0) is 47.9. The molecule has 2 heteroatoms. The minimum atomic E-state index is -0.417. The predicted octanol–water partition coefficient (Wildman–Crippen LogP) is 17.2. The Morgan fingerprint density at radius 2 is 0.806 bits per heavy atom. The summed E-state index contributed by atoms with van der Waals surface area (Å²) in [5.41, 5.74) is 5.79. The topological polar surface area (TPSA) is 16.4 Å². The zero-order valence-corrected chi connectivity index (χ0v) is 33.3. The molecule has 0 spiro atoms. The summed E-state index contributed by atoms with van der Waals surface area (Å²) in [7, 11) is 0. The highest BCUT2D eigenvalue weighted by Gasteiger charge is 2.21. The maximum absolute atomic E-state index is 9.86. The number of nitrogens with zero attached hydrogens (tertiary/aromatic N) is 1. The molecule has 0 atom stereocenters. The molecule has 0 N–H and O–H groups in total. The van der Waals surface area contributed by atoms with Gasteiger partial charge in [0.15, 0.2) is 0 Å². The third-order valence-corrected chi connectivity index (χ3v) is 11.8. The lowest BCUT2D eigenvalue weighted by Crippen LogP contribution is -2.11. The molecule has 0 fully saturated rings. The Bertz CT molecular complexity index is 4060. The molecule has 0 saturated heterocycles. The molecule has 0 unspecified atom stereocenters. The molecule has 1 heterocycles. The molecule has 0 aliphatic carbocycles. The summed E-state index contributed by atoms with van der Waals surface area (Å²) in [5, 5.41) is 7.24. The fourth-order valence-corrected chi connectivity index (χ4v) is 8.87. The molecule has 11 aromatic carbocycles. The van der Waals surface area contributed by atoms with Crippen LogP contribution in [0.25, 0.3) is 98.8 Å². The molecule has 0 saturated carbocycles. The molecule has 62 heavy (non-hydrogen) atoms. The molecule has 1 aromatic heterocycles. The first-order chi connectivity index (χ1) is 34.1. The molecule has 290 valence electrons. The van der Waals surface area contributed by atoms with Gasteiger partial charge < -0.3 is 9.32 Å². The Kier molecular flexibility index (Phi) is 6.76. The summed E-state index contributed by atoms with van der Waals surface area (Å²) in [6.07, 6.45) is 0. The average molecular weight is 798 g/mol. The smallest absolute Gasteiger partial charge is 0.143 e. The van der Waals surface area contributed by atoms with Crippen LogP contribution in [0.3, 0.4) is 0 Å². The molecule has 12 aromatic rings. The molecule has 0 radical (unpaired) electrons. The van der Waals surface area contributed by atoms with Gasteiger partial charge in [-0.2, -0.15) is 0 Å². The number of fused-ring (bicyclic) bond motifs is 7. The summed E-state index contributed by atoms with van der Waals surface area (Å²) in [4.78, 5) is 1.41. The fraction of sp³-hybridized carbons (Fsp3) is 0. The molecule has 0 aliphatic heterocycles. The Morgan fingerprint density at radius 3 is 1.48 bits per heavy atom. The van der Waals surface area contributed by atoms with E-state index >= 15 is 0 Å². The van der Waals surface area contributed by atoms with Crippen LogP contribution in [0.1, 0.15) is 11.0 Å². The first-order valence-corrected chi connectivity index (χ1v) is 20.6. The lowest BCUT2D eigenvalue weighted by atomic mass is 9.93. The van der Waals surface area contributed by atoms with Gasteiger partial charge in [0.1, 0.15) is 11.2 Å². The summed E-state index contributed by atoms with van der Waals surface area (Å²) < 4.78 is 84.5. The first kappa shape index (κ1) is 28.3. The van der Waals surface area contributed by atoms with E-state index in [1.807, 2.05) is 152 Å². The Hall–Kier alpha value is -8.20. The summed E-state index contributed by atoms with van der Waals surface area (Å²) in [5.74, 6) is 0. The largest absolute Gasteiger partial charge is 0.455 e. The van der Waals surface area contributed by atoms with Gasteiger partial charge in [-0.1, -0.05) is 194 Å². The van der Waals surface area contributed by atoms with Gasteiger partial charge in [-0.3, -0.25) is 0 Å². The molecular formula is C60H39NO. The normalized spacial score (nSPS) is 13.4.